The number of para-hydroxylation sites is 1. The number of carbonyl (C=O) groups excluding carboxylic acids is 1. The summed E-state index contributed by atoms with van der Waals surface area (Å²) >= 11 is 1.61. The first-order valence-corrected chi connectivity index (χ1v) is 6.76. The number of aromatic nitrogens is 1. The smallest absolute Gasteiger partial charge is 0.146 e. The summed E-state index contributed by atoms with van der Waals surface area (Å²) < 4.78 is 0. The minimum Gasteiger partial charge on any atom is -0.298 e. The van der Waals surface area contributed by atoms with Crippen molar-refractivity contribution in [2.45, 2.75) is 29.5 Å². The number of benzene rings is 1. The van der Waals surface area contributed by atoms with Crippen molar-refractivity contribution in [3.8, 4) is 0 Å². The minimum absolute atomic E-state index is 0.128. The van der Waals surface area contributed by atoms with Crippen LogP contribution in [-0.2, 0) is 4.79 Å². The third-order valence-corrected chi connectivity index (χ3v) is 4.34. The molecule has 1 heterocycles. The zero-order chi connectivity index (χ0) is 11.7. The van der Waals surface area contributed by atoms with Crippen LogP contribution in [0.2, 0.25) is 0 Å². The van der Waals surface area contributed by atoms with Crippen molar-refractivity contribution in [2.24, 2.45) is 0 Å². The van der Waals surface area contributed by atoms with Crippen LogP contribution in [-0.4, -0.2) is 16.0 Å². The van der Waals surface area contributed by atoms with Gasteiger partial charge in [-0.2, -0.15) is 0 Å². The van der Waals surface area contributed by atoms with Crippen LogP contribution in [0, 0.1) is 0 Å². The molecule has 2 nitrogen and oxygen atoms in total. The van der Waals surface area contributed by atoms with E-state index in [4.69, 9.17) is 0 Å². The number of carbonyl (C=O) groups is 1. The fourth-order valence-corrected chi connectivity index (χ4v) is 3.29. The van der Waals surface area contributed by atoms with Crippen LogP contribution in [0.5, 0.6) is 0 Å². The number of hydrogen-bond donors (Lipinski definition) is 0. The van der Waals surface area contributed by atoms with Crippen molar-refractivity contribution in [1.82, 2.24) is 4.98 Å². The SMILES string of the molecule is O=C1CCCC1Sc1ccc2ccccc2n1. The van der Waals surface area contributed by atoms with E-state index in [1.54, 1.807) is 11.8 Å². The number of pyridine rings is 1. The molecule has 1 unspecified atom stereocenters. The van der Waals surface area contributed by atoms with Gasteiger partial charge in [0.05, 0.1) is 15.8 Å². The Morgan fingerprint density at radius 2 is 2.06 bits per heavy atom. The van der Waals surface area contributed by atoms with Gasteiger partial charge in [-0.05, 0) is 25.0 Å². The van der Waals surface area contributed by atoms with E-state index in [1.165, 1.54) is 0 Å². The lowest BCUT2D eigenvalue weighted by molar-refractivity contribution is -0.116. The van der Waals surface area contributed by atoms with Crippen LogP contribution >= 0.6 is 11.8 Å². The van der Waals surface area contributed by atoms with Gasteiger partial charge in [0.15, 0.2) is 0 Å². The van der Waals surface area contributed by atoms with Crippen molar-refractivity contribution < 1.29 is 4.79 Å². The van der Waals surface area contributed by atoms with Gasteiger partial charge in [0.25, 0.3) is 0 Å². The fraction of sp³-hybridized carbons (Fsp3) is 0.286. The average Bonchev–Trinajstić information content (AvgIpc) is 2.75. The Bertz CT molecular complexity index is 567. The summed E-state index contributed by atoms with van der Waals surface area (Å²) in [5.41, 5.74) is 1.00. The summed E-state index contributed by atoms with van der Waals surface area (Å²) in [6, 6.07) is 12.2. The van der Waals surface area contributed by atoms with Crippen LogP contribution < -0.4 is 0 Å². The Kier molecular flexibility index (Phi) is 2.85. The molecule has 86 valence electrons. The van der Waals surface area contributed by atoms with E-state index < -0.39 is 0 Å². The van der Waals surface area contributed by atoms with Crippen LogP contribution in [0.4, 0.5) is 0 Å². The van der Waals surface area contributed by atoms with Gasteiger partial charge in [-0.1, -0.05) is 36.0 Å². The normalized spacial score (nSPS) is 20.0. The molecule has 0 bridgehead atoms. The first-order chi connectivity index (χ1) is 8.33. The van der Waals surface area contributed by atoms with Gasteiger partial charge in [-0.25, -0.2) is 4.98 Å². The van der Waals surface area contributed by atoms with Crippen molar-refractivity contribution in [2.75, 3.05) is 0 Å². The van der Waals surface area contributed by atoms with Crippen LogP contribution in [0.3, 0.4) is 0 Å². The highest BCUT2D eigenvalue weighted by Crippen LogP contribution is 2.32. The predicted molar refractivity (Wildman–Crippen MR) is 70.2 cm³/mol. The molecule has 17 heavy (non-hydrogen) atoms. The first kappa shape index (κ1) is 10.8. The summed E-state index contributed by atoms with van der Waals surface area (Å²) in [5, 5.41) is 2.24. The molecule has 0 aliphatic heterocycles. The number of fused-ring (bicyclic) bond motifs is 1. The summed E-state index contributed by atoms with van der Waals surface area (Å²) in [5.74, 6) is 0.380. The molecular formula is C14H13NOS. The summed E-state index contributed by atoms with van der Waals surface area (Å²) in [7, 11) is 0. The molecule has 1 saturated carbocycles. The maximum atomic E-state index is 11.6. The van der Waals surface area contributed by atoms with Crippen molar-refractivity contribution >= 4 is 28.4 Å². The molecule has 0 amide bonds. The second-order valence-electron chi connectivity index (χ2n) is 4.31. The predicted octanol–water partition coefficient (Wildman–Crippen LogP) is 3.45. The lowest BCUT2D eigenvalue weighted by Gasteiger charge is -2.07. The Morgan fingerprint density at radius 1 is 1.18 bits per heavy atom. The molecule has 1 atom stereocenters. The van der Waals surface area contributed by atoms with Crippen molar-refractivity contribution in [1.29, 1.82) is 0 Å². The molecule has 1 aliphatic carbocycles. The molecule has 0 saturated heterocycles. The van der Waals surface area contributed by atoms with Gasteiger partial charge in [-0.3, -0.25) is 4.79 Å². The number of nitrogens with zero attached hydrogens (tertiary/aromatic N) is 1. The van der Waals surface area contributed by atoms with Gasteiger partial charge in [0.2, 0.25) is 0 Å². The first-order valence-electron chi connectivity index (χ1n) is 5.88. The number of hydrogen-bond acceptors (Lipinski definition) is 3. The van der Waals surface area contributed by atoms with E-state index in [0.29, 0.717) is 5.78 Å². The van der Waals surface area contributed by atoms with Crippen molar-refractivity contribution in [3.63, 3.8) is 0 Å². The highest BCUT2D eigenvalue weighted by atomic mass is 32.2. The molecule has 0 radical (unpaired) electrons. The van der Waals surface area contributed by atoms with Gasteiger partial charge < -0.3 is 0 Å². The Hall–Kier alpha value is -1.35. The second-order valence-corrected chi connectivity index (χ2v) is 5.53. The van der Waals surface area contributed by atoms with Crippen LogP contribution in [0.15, 0.2) is 41.4 Å². The van der Waals surface area contributed by atoms with Gasteiger partial charge in [0.1, 0.15) is 5.78 Å². The Morgan fingerprint density at radius 3 is 2.88 bits per heavy atom. The number of rotatable bonds is 2. The molecule has 1 aromatic carbocycles. The van der Waals surface area contributed by atoms with Gasteiger partial charge >= 0.3 is 0 Å². The summed E-state index contributed by atoms with van der Waals surface area (Å²) in [6.07, 6.45) is 2.77. The standard InChI is InChI=1S/C14H13NOS/c16-12-6-3-7-13(12)17-14-9-8-10-4-1-2-5-11(10)15-14/h1-2,4-5,8-9,13H,3,6-7H2. The second kappa shape index (κ2) is 4.49. The summed E-state index contributed by atoms with van der Waals surface area (Å²) in [6.45, 7) is 0. The largest absolute Gasteiger partial charge is 0.298 e. The molecule has 1 aromatic heterocycles. The number of Topliss-reactive ketones (excluding diaryl/α,β-unsaturated/α-hetero) is 1. The van der Waals surface area contributed by atoms with E-state index in [9.17, 15) is 4.79 Å². The molecule has 2 aromatic rings. The molecule has 1 fully saturated rings. The van der Waals surface area contributed by atoms with Gasteiger partial charge in [0, 0.05) is 11.8 Å². The van der Waals surface area contributed by atoms with E-state index in [2.05, 4.69) is 17.1 Å². The zero-order valence-corrected chi connectivity index (χ0v) is 10.2. The molecule has 1 aliphatic rings. The summed E-state index contributed by atoms with van der Waals surface area (Å²) in [4.78, 5) is 16.2. The number of ketones is 1. The van der Waals surface area contributed by atoms with Gasteiger partial charge in [-0.15, -0.1) is 0 Å². The van der Waals surface area contributed by atoms with Crippen LogP contribution in [0.25, 0.3) is 10.9 Å². The average molecular weight is 243 g/mol. The van der Waals surface area contributed by atoms with Crippen LogP contribution in [0.1, 0.15) is 19.3 Å². The molecular weight excluding hydrogens is 230 g/mol. The van der Waals surface area contributed by atoms with E-state index >= 15 is 0 Å². The lowest BCUT2D eigenvalue weighted by Crippen LogP contribution is -2.08. The highest BCUT2D eigenvalue weighted by Gasteiger charge is 2.25. The molecule has 0 spiro atoms. The maximum absolute atomic E-state index is 11.6. The molecule has 3 heteroatoms. The Labute approximate surface area is 104 Å². The van der Waals surface area contributed by atoms with E-state index in [1.807, 2.05) is 24.3 Å². The highest BCUT2D eigenvalue weighted by molar-refractivity contribution is 8.00. The van der Waals surface area contributed by atoms with E-state index in [0.717, 1.165) is 35.2 Å². The fourth-order valence-electron chi connectivity index (χ4n) is 2.17. The minimum atomic E-state index is 0.128. The van der Waals surface area contributed by atoms with Crippen molar-refractivity contribution in [3.05, 3.63) is 36.4 Å². The quantitative estimate of drug-likeness (QED) is 0.809. The topological polar surface area (TPSA) is 30.0 Å². The lowest BCUT2D eigenvalue weighted by atomic mass is 10.2. The molecule has 3 rings (SSSR count). The third kappa shape index (κ3) is 2.20. The zero-order valence-electron chi connectivity index (χ0n) is 9.43. The number of thioether (sulfide) groups is 1. The third-order valence-electron chi connectivity index (χ3n) is 3.08. The maximum Gasteiger partial charge on any atom is 0.146 e. The monoisotopic (exact) mass is 243 g/mol. The van der Waals surface area contributed by atoms with E-state index in [-0.39, 0.29) is 5.25 Å². The Balaban J connectivity index is 1.88. The molecule has 0 N–H and O–H groups in total.